The number of hydrogen-bond donors (Lipinski definition) is 2. The Bertz CT molecular complexity index is 461. The van der Waals surface area contributed by atoms with Crippen molar-refractivity contribution in [2.45, 2.75) is 12.8 Å². The number of rotatable bonds is 4. The smallest absolute Gasteiger partial charge is 0.352 e. The minimum Gasteiger partial charge on any atom is -0.477 e. The van der Waals surface area contributed by atoms with Gasteiger partial charge in [-0.1, -0.05) is 30.3 Å². The van der Waals surface area contributed by atoms with E-state index in [9.17, 15) is 9.59 Å². The van der Waals surface area contributed by atoms with Gasteiger partial charge in [-0.15, -0.1) is 0 Å². The second kappa shape index (κ2) is 4.82. The van der Waals surface area contributed by atoms with E-state index in [2.05, 4.69) is 5.32 Å². The van der Waals surface area contributed by atoms with E-state index in [-0.39, 0.29) is 17.5 Å². The summed E-state index contributed by atoms with van der Waals surface area (Å²) in [6.07, 6.45) is 3.16. The van der Waals surface area contributed by atoms with Crippen molar-refractivity contribution in [3.8, 4) is 0 Å². The Balaban J connectivity index is 2.14. The third kappa shape index (κ3) is 3.17. The van der Waals surface area contributed by atoms with Crippen LogP contribution in [0.1, 0.15) is 18.4 Å². The molecule has 2 N–H and O–H groups in total. The van der Waals surface area contributed by atoms with E-state index in [0.29, 0.717) is 0 Å². The molecule has 1 fully saturated rings. The van der Waals surface area contributed by atoms with Crippen LogP contribution >= 0.6 is 0 Å². The molecule has 0 bridgehead atoms. The molecule has 4 nitrogen and oxygen atoms in total. The number of benzene rings is 1. The SMILES string of the molecule is O=C(O)/C(=C/c1ccccc1)NC(=O)C1CC1. The first-order valence-corrected chi connectivity index (χ1v) is 5.48. The minimum absolute atomic E-state index is 0.00600. The predicted molar refractivity (Wildman–Crippen MR) is 62.9 cm³/mol. The molecule has 0 radical (unpaired) electrons. The molecule has 1 amide bonds. The van der Waals surface area contributed by atoms with Crippen molar-refractivity contribution in [3.63, 3.8) is 0 Å². The molecule has 0 aromatic heterocycles. The average Bonchev–Trinajstić information content (AvgIpc) is 3.13. The maximum absolute atomic E-state index is 11.5. The number of aliphatic carboxylic acids is 1. The highest BCUT2D eigenvalue weighted by molar-refractivity contribution is 5.97. The number of carboxylic acids is 1. The molecule has 0 saturated heterocycles. The van der Waals surface area contributed by atoms with E-state index < -0.39 is 5.97 Å². The van der Waals surface area contributed by atoms with Gasteiger partial charge in [0.15, 0.2) is 0 Å². The Labute approximate surface area is 99.0 Å². The number of carboxylic acid groups (broad SMARTS) is 1. The summed E-state index contributed by atoms with van der Waals surface area (Å²) in [5.41, 5.74) is 0.675. The van der Waals surface area contributed by atoms with Crippen LogP contribution in [0.3, 0.4) is 0 Å². The summed E-state index contributed by atoms with van der Waals surface area (Å²) >= 11 is 0. The fourth-order valence-electron chi connectivity index (χ4n) is 1.45. The molecule has 1 aliphatic rings. The van der Waals surface area contributed by atoms with Crippen LogP contribution in [0, 0.1) is 5.92 Å². The first-order valence-electron chi connectivity index (χ1n) is 5.48. The normalized spacial score (nSPS) is 15.4. The van der Waals surface area contributed by atoms with Crippen molar-refractivity contribution in [2.24, 2.45) is 5.92 Å². The van der Waals surface area contributed by atoms with Crippen molar-refractivity contribution < 1.29 is 14.7 Å². The number of carbonyl (C=O) groups excluding carboxylic acids is 1. The van der Waals surface area contributed by atoms with Gasteiger partial charge < -0.3 is 10.4 Å². The van der Waals surface area contributed by atoms with Crippen LogP contribution in [-0.4, -0.2) is 17.0 Å². The lowest BCUT2D eigenvalue weighted by molar-refractivity contribution is -0.134. The van der Waals surface area contributed by atoms with Gasteiger partial charge >= 0.3 is 5.97 Å². The Hall–Kier alpha value is -2.10. The van der Waals surface area contributed by atoms with Gasteiger partial charge in [-0.05, 0) is 24.5 Å². The summed E-state index contributed by atoms with van der Waals surface area (Å²) < 4.78 is 0. The van der Waals surface area contributed by atoms with Crippen LogP contribution < -0.4 is 5.32 Å². The maximum atomic E-state index is 11.5. The van der Waals surface area contributed by atoms with Gasteiger partial charge in [0.2, 0.25) is 5.91 Å². The Morgan fingerprint density at radius 1 is 1.24 bits per heavy atom. The predicted octanol–water partition coefficient (Wildman–Crippen LogP) is 1.64. The highest BCUT2D eigenvalue weighted by Gasteiger charge is 2.30. The molecule has 0 unspecified atom stereocenters. The summed E-state index contributed by atoms with van der Waals surface area (Å²) in [5, 5.41) is 11.5. The van der Waals surface area contributed by atoms with Crippen LogP contribution in [0.15, 0.2) is 36.0 Å². The highest BCUT2D eigenvalue weighted by atomic mass is 16.4. The summed E-state index contributed by atoms with van der Waals surface area (Å²) in [6.45, 7) is 0. The van der Waals surface area contributed by atoms with Crippen LogP contribution in [0.5, 0.6) is 0 Å². The van der Waals surface area contributed by atoms with Crippen LogP contribution in [0.2, 0.25) is 0 Å². The minimum atomic E-state index is -1.12. The van der Waals surface area contributed by atoms with E-state index in [1.54, 1.807) is 12.1 Å². The molecule has 0 spiro atoms. The summed E-state index contributed by atoms with van der Waals surface area (Å²) in [4.78, 5) is 22.5. The van der Waals surface area contributed by atoms with E-state index in [0.717, 1.165) is 18.4 Å². The van der Waals surface area contributed by atoms with Gasteiger partial charge in [-0.25, -0.2) is 4.79 Å². The molecule has 4 heteroatoms. The van der Waals surface area contributed by atoms with Crippen molar-refractivity contribution in [2.75, 3.05) is 0 Å². The molecule has 88 valence electrons. The fourth-order valence-corrected chi connectivity index (χ4v) is 1.45. The standard InChI is InChI=1S/C13H13NO3/c15-12(10-6-7-10)14-11(13(16)17)8-9-4-2-1-3-5-9/h1-5,8,10H,6-7H2,(H,14,15)(H,16,17)/b11-8-. The number of nitrogens with one attached hydrogen (secondary N) is 1. The Morgan fingerprint density at radius 2 is 1.88 bits per heavy atom. The quantitative estimate of drug-likeness (QED) is 0.774. The highest BCUT2D eigenvalue weighted by Crippen LogP contribution is 2.29. The molecule has 0 heterocycles. The maximum Gasteiger partial charge on any atom is 0.352 e. The monoisotopic (exact) mass is 231 g/mol. The third-order valence-electron chi connectivity index (χ3n) is 2.55. The topological polar surface area (TPSA) is 66.4 Å². The van der Waals surface area contributed by atoms with Gasteiger partial charge in [0, 0.05) is 5.92 Å². The molecule has 2 rings (SSSR count). The second-order valence-electron chi connectivity index (χ2n) is 4.04. The molecular weight excluding hydrogens is 218 g/mol. The lowest BCUT2D eigenvalue weighted by atomic mass is 10.2. The van der Waals surface area contributed by atoms with E-state index in [4.69, 9.17) is 5.11 Å². The lowest BCUT2D eigenvalue weighted by Crippen LogP contribution is -2.28. The molecule has 17 heavy (non-hydrogen) atoms. The Morgan fingerprint density at radius 3 is 2.41 bits per heavy atom. The van der Waals surface area contributed by atoms with Gasteiger partial charge in [0.1, 0.15) is 5.70 Å². The van der Waals surface area contributed by atoms with Crippen LogP contribution in [0.4, 0.5) is 0 Å². The molecule has 1 saturated carbocycles. The zero-order valence-corrected chi connectivity index (χ0v) is 9.22. The van der Waals surface area contributed by atoms with Crippen molar-refractivity contribution >= 4 is 18.0 Å². The average molecular weight is 231 g/mol. The number of carbonyl (C=O) groups is 2. The summed E-state index contributed by atoms with van der Waals surface area (Å²) in [6, 6.07) is 9.04. The zero-order valence-electron chi connectivity index (χ0n) is 9.22. The first-order chi connectivity index (χ1) is 8.16. The van der Waals surface area contributed by atoms with Gasteiger partial charge in [0.05, 0.1) is 0 Å². The van der Waals surface area contributed by atoms with Crippen molar-refractivity contribution in [1.29, 1.82) is 0 Å². The first kappa shape index (κ1) is 11.4. The van der Waals surface area contributed by atoms with E-state index in [1.165, 1.54) is 6.08 Å². The number of amides is 1. The van der Waals surface area contributed by atoms with Gasteiger partial charge in [-0.3, -0.25) is 4.79 Å². The van der Waals surface area contributed by atoms with Gasteiger partial charge in [-0.2, -0.15) is 0 Å². The lowest BCUT2D eigenvalue weighted by Gasteiger charge is -2.04. The largest absolute Gasteiger partial charge is 0.477 e. The zero-order chi connectivity index (χ0) is 12.3. The molecule has 0 aliphatic heterocycles. The summed E-state index contributed by atoms with van der Waals surface area (Å²) in [5.74, 6) is -1.33. The second-order valence-corrected chi connectivity index (χ2v) is 4.04. The molecular formula is C13H13NO3. The third-order valence-corrected chi connectivity index (χ3v) is 2.55. The van der Waals surface area contributed by atoms with E-state index in [1.807, 2.05) is 18.2 Å². The number of hydrogen-bond acceptors (Lipinski definition) is 2. The van der Waals surface area contributed by atoms with Crippen molar-refractivity contribution in [1.82, 2.24) is 5.32 Å². The molecule has 1 aliphatic carbocycles. The van der Waals surface area contributed by atoms with Crippen molar-refractivity contribution in [3.05, 3.63) is 41.6 Å². The summed E-state index contributed by atoms with van der Waals surface area (Å²) in [7, 11) is 0. The van der Waals surface area contributed by atoms with Crippen LogP contribution in [0.25, 0.3) is 6.08 Å². The van der Waals surface area contributed by atoms with Gasteiger partial charge in [0.25, 0.3) is 0 Å². The fraction of sp³-hybridized carbons (Fsp3) is 0.231. The van der Waals surface area contributed by atoms with Crippen LogP contribution in [-0.2, 0) is 9.59 Å². The molecule has 0 atom stereocenters. The van der Waals surface area contributed by atoms with E-state index >= 15 is 0 Å². The Kier molecular flexibility index (Phi) is 3.23. The molecule has 1 aromatic carbocycles. The molecule has 1 aromatic rings.